The lowest BCUT2D eigenvalue weighted by atomic mass is 10.0. The first-order valence-electron chi connectivity index (χ1n) is 9.64. The molecule has 6 heteroatoms. The van der Waals surface area contributed by atoms with Gasteiger partial charge in [-0.05, 0) is 23.6 Å². The second-order valence-electron chi connectivity index (χ2n) is 7.15. The summed E-state index contributed by atoms with van der Waals surface area (Å²) in [5, 5.41) is 5.86. The van der Waals surface area contributed by atoms with Crippen molar-refractivity contribution in [1.29, 1.82) is 0 Å². The second kappa shape index (κ2) is 9.68. The maximum absolute atomic E-state index is 12.6. The van der Waals surface area contributed by atoms with Crippen LogP contribution in [0.2, 0.25) is 0 Å². The summed E-state index contributed by atoms with van der Waals surface area (Å²) in [6, 6.07) is 15.5. The molecule has 1 atom stereocenters. The van der Waals surface area contributed by atoms with Gasteiger partial charge in [-0.2, -0.15) is 0 Å². The molecule has 0 bridgehead atoms. The number of aromatic nitrogens is 2. The molecule has 0 spiro atoms. The molecule has 6 nitrogen and oxygen atoms in total. The number of carbonyl (C=O) groups is 2. The van der Waals surface area contributed by atoms with Crippen LogP contribution in [0.3, 0.4) is 0 Å². The first kappa shape index (κ1) is 20.3. The van der Waals surface area contributed by atoms with Gasteiger partial charge >= 0.3 is 0 Å². The number of hydrogen-bond acceptors (Lipinski definition) is 3. The number of aryl methyl sites for hydroxylation is 1. The van der Waals surface area contributed by atoms with Crippen LogP contribution < -0.4 is 10.6 Å². The zero-order valence-corrected chi connectivity index (χ0v) is 16.8. The summed E-state index contributed by atoms with van der Waals surface area (Å²) < 4.78 is 1.99. The van der Waals surface area contributed by atoms with Crippen LogP contribution in [0.4, 0.5) is 0 Å². The van der Waals surface area contributed by atoms with Crippen LogP contribution in [0.5, 0.6) is 0 Å². The highest BCUT2D eigenvalue weighted by atomic mass is 16.2. The van der Waals surface area contributed by atoms with E-state index in [2.05, 4.69) is 15.6 Å². The summed E-state index contributed by atoms with van der Waals surface area (Å²) in [6.07, 6.45) is 5.62. The fraction of sp³-hybridized carbons (Fsp3) is 0.261. The van der Waals surface area contributed by atoms with Gasteiger partial charge in [-0.1, -0.05) is 54.1 Å². The highest BCUT2D eigenvalue weighted by Crippen LogP contribution is 2.18. The summed E-state index contributed by atoms with van der Waals surface area (Å²) in [6.45, 7) is 4.60. The van der Waals surface area contributed by atoms with Gasteiger partial charge < -0.3 is 15.2 Å². The number of imidazole rings is 1. The van der Waals surface area contributed by atoms with E-state index < -0.39 is 0 Å². The van der Waals surface area contributed by atoms with Gasteiger partial charge in [0, 0.05) is 32.4 Å². The molecule has 2 N–H and O–H groups in total. The average Bonchev–Trinajstić information content (AvgIpc) is 3.20. The Bertz CT molecular complexity index is 949. The molecule has 0 unspecified atom stereocenters. The van der Waals surface area contributed by atoms with E-state index in [0.717, 1.165) is 22.3 Å². The SMILES string of the molecule is CC(=O)N[C@H](CC(=O)NCc1ccccc1Cn1ccnc1)c1ccc(C)cc1. The van der Waals surface area contributed by atoms with Crippen molar-refractivity contribution >= 4 is 11.8 Å². The van der Waals surface area contributed by atoms with Crippen molar-refractivity contribution in [2.45, 2.75) is 39.4 Å². The maximum atomic E-state index is 12.6. The standard InChI is InChI=1S/C23H26N4O2/c1-17-7-9-19(10-8-17)22(26-18(2)28)13-23(29)25-14-20-5-3-4-6-21(20)15-27-12-11-24-16-27/h3-12,16,22H,13-15H2,1-2H3,(H,25,29)(H,26,28)/t22-/m1/s1. The Kier molecular flexibility index (Phi) is 6.79. The number of benzene rings is 2. The zero-order chi connectivity index (χ0) is 20.6. The van der Waals surface area contributed by atoms with E-state index in [0.29, 0.717) is 13.1 Å². The van der Waals surface area contributed by atoms with E-state index in [1.54, 1.807) is 12.5 Å². The van der Waals surface area contributed by atoms with Gasteiger partial charge in [-0.3, -0.25) is 9.59 Å². The van der Waals surface area contributed by atoms with E-state index in [1.807, 2.05) is 66.2 Å². The van der Waals surface area contributed by atoms with E-state index in [9.17, 15) is 9.59 Å². The van der Waals surface area contributed by atoms with Crippen LogP contribution >= 0.6 is 0 Å². The van der Waals surface area contributed by atoms with Gasteiger partial charge in [0.15, 0.2) is 0 Å². The molecule has 3 aromatic rings. The van der Waals surface area contributed by atoms with Crippen LogP contribution in [0.15, 0.2) is 67.3 Å². The van der Waals surface area contributed by atoms with E-state index >= 15 is 0 Å². The number of amides is 2. The minimum absolute atomic E-state index is 0.109. The van der Waals surface area contributed by atoms with Crippen molar-refractivity contribution < 1.29 is 9.59 Å². The third-order valence-corrected chi connectivity index (χ3v) is 4.75. The molecule has 0 aliphatic heterocycles. The lowest BCUT2D eigenvalue weighted by molar-refractivity contribution is -0.122. The van der Waals surface area contributed by atoms with E-state index in [4.69, 9.17) is 0 Å². The molecule has 0 aliphatic rings. The van der Waals surface area contributed by atoms with Crippen molar-refractivity contribution in [2.24, 2.45) is 0 Å². The number of carbonyl (C=O) groups excluding carboxylic acids is 2. The lowest BCUT2D eigenvalue weighted by Gasteiger charge is -2.19. The predicted molar refractivity (Wildman–Crippen MR) is 112 cm³/mol. The quantitative estimate of drug-likeness (QED) is 0.620. The average molecular weight is 390 g/mol. The molecule has 2 amide bonds. The fourth-order valence-corrected chi connectivity index (χ4v) is 3.21. The molecule has 0 saturated heterocycles. The summed E-state index contributed by atoms with van der Waals surface area (Å²) in [5.74, 6) is -0.268. The molecular weight excluding hydrogens is 364 g/mol. The smallest absolute Gasteiger partial charge is 0.222 e. The molecule has 1 aromatic heterocycles. The van der Waals surface area contributed by atoms with Crippen molar-refractivity contribution in [2.75, 3.05) is 0 Å². The first-order chi connectivity index (χ1) is 14.0. The minimum Gasteiger partial charge on any atom is -0.352 e. The molecule has 0 saturated carbocycles. The predicted octanol–water partition coefficient (Wildman–Crippen LogP) is 3.12. The van der Waals surface area contributed by atoms with Crippen LogP contribution in [0.1, 0.15) is 41.6 Å². The number of nitrogens with zero attached hydrogens (tertiary/aromatic N) is 2. The van der Waals surface area contributed by atoms with Gasteiger partial charge in [-0.15, -0.1) is 0 Å². The molecule has 2 aromatic carbocycles. The van der Waals surface area contributed by atoms with Crippen LogP contribution in [0.25, 0.3) is 0 Å². The number of nitrogens with one attached hydrogen (secondary N) is 2. The van der Waals surface area contributed by atoms with E-state index in [1.165, 1.54) is 6.92 Å². The molecule has 29 heavy (non-hydrogen) atoms. The Morgan fingerprint density at radius 3 is 2.45 bits per heavy atom. The summed E-state index contributed by atoms with van der Waals surface area (Å²) in [5.41, 5.74) is 4.24. The van der Waals surface area contributed by atoms with Gasteiger partial charge in [0.25, 0.3) is 0 Å². The van der Waals surface area contributed by atoms with Gasteiger partial charge in [-0.25, -0.2) is 4.98 Å². The fourth-order valence-electron chi connectivity index (χ4n) is 3.21. The molecule has 3 rings (SSSR count). The van der Waals surface area contributed by atoms with Crippen molar-refractivity contribution in [3.63, 3.8) is 0 Å². The van der Waals surface area contributed by atoms with Crippen molar-refractivity contribution in [1.82, 2.24) is 20.2 Å². The number of rotatable bonds is 8. The monoisotopic (exact) mass is 390 g/mol. The molecule has 0 aliphatic carbocycles. The first-order valence-corrected chi connectivity index (χ1v) is 9.64. The molecule has 0 radical (unpaired) electrons. The highest BCUT2D eigenvalue weighted by Gasteiger charge is 2.17. The van der Waals surface area contributed by atoms with Crippen LogP contribution in [0, 0.1) is 6.92 Å². The maximum Gasteiger partial charge on any atom is 0.222 e. The molecule has 1 heterocycles. The summed E-state index contributed by atoms with van der Waals surface area (Å²) >= 11 is 0. The zero-order valence-electron chi connectivity index (χ0n) is 16.8. The van der Waals surface area contributed by atoms with E-state index in [-0.39, 0.29) is 24.3 Å². The molecule has 150 valence electrons. The van der Waals surface area contributed by atoms with Gasteiger partial charge in [0.2, 0.25) is 11.8 Å². The van der Waals surface area contributed by atoms with Crippen LogP contribution in [-0.4, -0.2) is 21.4 Å². The minimum atomic E-state index is -0.353. The van der Waals surface area contributed by atoms with Gasteiger partial charge in [0.05, 0.1) is 18.8 Å². The third-order valence-electron chi connectivity index (χ3n) is 4.75. The molecule has 0 fully saturated rings. The van der Waals surface area contributed by atoms with Gasteiger partial charge in [0.1, 0.15) is 0 Å². The topological polar surface area (TPSA) is 76.0 Å². The summed E-state index contributed by atoms with van der Waals surface area (Å²) in [4.78, 5) is 28.3. The van der Waals surface area contributed by atoms with Crippen molar-refractivity contribution in [3.05, 3.63) is 89.5 Å². The third kappa shape index (κ3) is 6.04. The molecular formula is C23H26N4O2. The Morgan fingerprint density at radius 2 is 1.79 bits per heavy atom. The lowest BCUT2D eigenvalue weighted by Crippen LogP contribution is -2.32. The second-order valence-corrected chi connectivity index (χ2v) is 7.15. The Hall–Kier alpha value is -3.41. The highest BCUT2D eigenvalue weighted by molar-refractivity contribution is 5.79. The largest absolute Gasteiger partial charge is 0.352 e. The van der Waals surface area contributed by atoms with Crippen LogP contribution in [-0.2, 0) is 22.7 Å². The van der Waals surface area contributed by atoms with Crippen molar-refractivity contribution in [3.8, 4) is 0 Å². The normalized spacial score (nSPS) is 11.7. The summed E-state index contributed by atoms with van der Waals surface area (Å²) in [7, 11) is 0. The Morgan fingerprint density at radius 1 is 1.07 bits per heavy atom. The Balaban J connectivity index is 1.63. The Labute approximate surface area is 171 Å². The number of hydrogen-bond donors (Lipinski definition) is 2.